The van der Waals surface area contributed by atoms with Crippen molar-refractivity contribution in [1.29, 1.82) is 0 Å². The van der Waals surface area contributed by atoms with E-state index in [-0.39, 0.29) is 29.3 Å². The van der Waals surface area contributed by atoms with Crippen LogP contribution in [0.15, 0.2) is 29.2 Å². The van der Waals surface area contributed by atoms with Gasteiger partial charge in [-0.3, -0.25) is 4.79 Å². The van der Waals surface area contributed by atoms with Gasteiger partial charge in [0.25, 0.3) is 5.91 Å². The zero-order valence-corrected chi connectivity index (χ0v) is 15.8. The van der Waals surface area contributed by atoms with Gasteiger partial charge in [-0.15, -0.1) is 12.4 Å². The van der Waals surface area contributed by atoms with Crippen molar-refractivity contribution in [3.63, 3.8) is 0 Å². The van der Waals surface area contributed by atoms with Gasteiger partial charge in [0, 0.05) is 31.2 Å². The molecule has 0 spiro atoms. The van der Waals surface area contributed by atoms with E-state index < -0.39 is 10.0 Å². The molecule has 0 radical (unpaired) electrons. The third-order valence-corrected chi connectivity index (χ3v) is 5.61. The van der Waals surface area contributed by atoms with Crippen molar-refractivity contribution < 1.29 is 13.2 Å². The first-order valence-electron chi connectivity index (χ1n) is 8.06. The van der Waals surface area contributed by atoms with Crippen LogP contribution in [0.4, 0.5) is 0 Å². The molecule has 2 rings (SSSR count). The number of nitrogens with one attached hydrogen (secondary N) is 2. The number of amides is 1. The van der Waals surface area contributed by atoms with Crippen LogP contribution in [-0.4, -0.2) is 51.4 Å². The second-order valence-electron chi connectivity index (χ2n) is 5.85. The first kappa shape index (κ1) is 20.9. The molecule has 1 atom stereocenters. The SMILES string of the molecule is CCC(C)NS(=O)(=O)c1ccc(C(=O)N2CCCNCC2)cc1.Cl. The number of nitrogens with zero attached hydrogens (tertiary/aromatic N) is 1. The third kappa shape index (κ3) is 5.44. The van der Waals surface area contributed by atoms with Gasteiger partial charge in [0.1, 0.15) is 0 Å². The molecule has 0 saturated carbocycles. The molecule has 24 heavy (non-hydrogen) atoms. The van der Waals surface area contributed by atoms with Crippen molar-refractivity contribution in [2.75, 3.05) is 26.2 Å². The maximum absolute atomic E-state index is 12.5. The summed E-state index contributed by atoms with van der Waals surface area (Å²) in [4.78, 5) is 14.5. The van der Waals surface area contributed by atoms with Crippen LogP contribution in [0.1, 0.15) is 37.0 Å². The fourth-order valence-corrected chi connectivity index (χ4v) is 3.75. The molecule has 1 aromatic rings. The topological polar surface area (TPSA) is 78.5 Å². The summed E-state index contributed by atoms with van der Waals surface area (Å²) in [5, 5.41) is 3.25. The molecule has 1 unspecified atom stereocenters. The molecule has 2 N–H and O–H groups in total. The van der Waals surface area contributed by atoms with E-state index in [0.717, 1.165) is 32.5 Å². The highest BCUT2D eigenvalue weighted by molar-refractivity contribution is 7.89. The van der Waals surface area contributed by atoms with Crippen LogP contribution in [-0.2, 0) is 10.0 Å². The maximum atomic E-state index is 12.5. The lowest BCUT2D eigenvalue weighted by Crippen LogP contribution is -2.34. The molecule has 1 aromatic carbocycles. The lowest BCUT2D eigenvalue weighted by Gasteiger charge is -2.20. The minimum absolute atomic E-state index is 0. The Labute approximate surface area is 150 Å². The molecule has 1 aliphatic rings. The van der Waals surface area contributed by atoms with E-state index in [0.29, 0.717) is 12.1 Å². The summed E-state index contributed by atoms with van der Waals surface area (Å²) < 4.78 is 27.0. The van der Waals surface area contributed by atoms with Crippen LogP contribution in [0.3, 0.4) is 0 Å². The largest absolute Gasteiger partial charge is 0.337 e. The van der Waals surface area contributed by atoms with Gasteiger partial charge in [-0.05, 0) is 50.6 Å². The summed E-state index contributed by atoms with van der Waals surface area (Å²) >= 11 is 0. The van der Waals surface area contributed by atoms with Crippen LogP contribution in [0.25, 0.3) is 0 Å². The number of carbonyl (C=O) groups excluding carboxylic acids is 1. The fourth-order valence-electron chi connectivity index (χ4n) is 2.42. The Balaban J connectivity index is 0.00000288. The monoisotopic (exact) mass is 375 g/mol. The van der Waals surface area contributed by atoms with Gasteiger partial charge in [-0.2, -0.15) is 0 Å². The van der Waals surface area contributed by atoms with Crippen molar-refractivity contribution in [1.82, 2.24) is 14.9 Å². The minimum Gasteiger partial charge on any atom is -0.337 e. The smallest absolute Gasteiger partial charge is 0.253 e. The summed E-state index contributed by atoms with van der Waals surface area (Å²) in [6.07, 6.45) is 1.65. The van der Waals surface area contributed by atoms with Gasteiger partial charge < -0.3 is 10.2 Å². The van der Waals surface area contributed by atoms with Crippen molar-refractivity contribution in [3.8, 4) is 0 Å². The van der Waals surface area contributed by atoms with Crippen molar-refractivity contribution in [3.05, 3.63) is 29.8 Å². The van der Waals surface area contributed by atoms with Gasteiger partial charge in [0.15, 0.2) is 0 Å². The van der Waals surface area contributed by atoms with E-state index in [9.17, 15) is 13.2 Å². The quantitative estimate of drug-likeness (QED) is 0.819. The molecular formula is C16H26ClN3O3S. The van der Waals surface area contributed by atoms with E-state index in [4.69, 9.17) is 0 Å². The van der Waals surface area contributed by atoms with Crippen molar-refractivity contribution in [2.45, 2.75) is 37.6 Å². The van der Waals surface area contributed by atoms with Crippen LogP contribution in [0.5, 0.6) is 0 Å². The summed E-state index contributed by atoms with van der Waals surface area (Å²) in [6, 6.07) is 6.05. The highest BCUT2D eigenvalue weighted by atomic mass is 35.5. The number of hydrogen-bond acceptors (Lipinski definition) is 4. The zero-order chi connectivity index (χ0) is 16.9. The number of carbonyl (C=O) groups is 1. The number of sulfonamides is 1. The molecular weight excluding hydrogens is 350 g/mol. The molecule has 1 aliphatic heterocycles. The Bertz CT molecular complexity index is 626. The molecule has 6 nitrogen and oxygen atoms in total. The van der Waals surface area contributed by atoms with Gasteiger partial charge in [-0.25, -0.2) is 13.1 Å². The summed E-state index contributed by atoms with van der Waals surface area (Å²) in [6.45, 7) is 6.85. The zero-order valence-electron chi connectivity index (χ0n) is 14.1. The molecule has 1 saturated heterocycles. The normalized spacial score (nSPS) is 16.8. The molecule has 1 amide bonds. The molecule has 136 valence electrons. The van der Waals surface area contributed by atoms with Gasteiger partial charge >= 0.3 is 0 Å². The second-order valence-corrected chi connectivity index (χ2v) is 7.56. The highest BCUT2D eigenvalue weighted by Crippen LogP contribution is 2.14. The first-order chi connectivity index (χ1) is 10.9. The van der Waals surface area contributed by atoms with Gasteiger partial charge in [0.05, 0.1) is 4.90 Å². The summed E-state index contributed by atoms with van der Waals surface area (Å²) in [5.41, 5.74) is 0.523. The van der Waals surface area contributed by atoms with Gasteiger partial charge in [0.2, 0.25) is 10.0 Å². The molecule has 0 bridgehead atoms. The van der Waals surface area contributed by atoms with E-state index >= 15 is 0 Å². The fraction of sp³-hybridized carbons (Fsp3) is 0.562. The molecule has 1 fully saturated rings. The Morgan fingerprint density at radius 3 is 2.54 bits per heavy atom. The molecule has 0 aromatic heterocycles. The maximum Gasteiger partial charge on any atom is 0.253 e. The van der Waals surface area contributed by atoms with Crippen molar-refractivity contribution in [2.24, 2.45) is 0 Å². The van der Waals surface area contributed by atoms with Crippen molar-refractivity contribution >= 4 is 28.3 Å². The van der Waals surface area contributed by atoms with Gasteiger partial charge in [-0.1, -0.05) is 6.92 Å². The number of rotatable bonds is 5. The average Bonchev–Trinajstić information content (AvgIpc) is 2.83. The first-order valence-corrected chi connectivity index (χ1v) is 9.54. The second kappa shape index (κ2) is 9.36. The third-order valence-electron chi connectivity index (χ3n) is 4.01. The Hall–Kier alpha value is -1.15. The molecule has 0 aliphatic carbocycles. The standard InChI is InChI=1S/C16H25N3O3S.ClH/c1-3-13(2)18-23(21,22)15-7-5-14(6-8-15)16(20)19-11-4-9-17-10-12-19;/h5-8,13,17-18H,3-4,9-12H2,1-2H3;1H. The number of benzene rings is 1. The predicted octanol–water partition coefficient (Wildman–Crippen LogP) is 1.62. The lowest BCUT2D eigenvalue weighted by atomic mass is 10.2. The van der Waals surface area contributed by atoms with Crippen LogP contribution in [0, 0.1) is 0 Å². The summed E-state index contributed by atoms with van der Waals surface area (Å²) in [5.74, 6) is -0.0486. The Morgan fingerprint density at radius 1 is 1.25 bits per heavy atom. The predicted molar refractivity (Wildman–Crippen MR) is 97.2 cm³/mol. The van der Waals surface area contributed by atoms with Crippen LogP contribution < -0.4 is 10.0 Å². The lowest BCUT2D eigenvalue weighted by molar-refractivity contribution is 0.0766. The van der Waals surface area contributed by atoms with E-state index in [1.165, 1.54) is 12.1 Å². The minimum atomic E-state index is -3.53. The van der Waals surface area contributed by atoms with E-state index in [2.05, 4.69) is 10.0 Å². The Morgan fingerprint density at radius 2 is 1.92 bits per heavy atom. The van der Waals surface area contributed by atoms with E-state index in [1.54, 1.807) is 17.0 Å². The van der Waals surface area contributed by atoms with Crippen LogP contribution in [0.2, 0.25) is 0 Å². The molecule has 1 heterocycles. The summed E-state index contributed by atoms with van der Waals surface area (Å²) in [7, 11) is -3.53. The number of halogens is 1. The average molecular weight is 376 g/mol. The molecule has 8 heteroatoms. The number of hydrogen-bond donors (Lipinski definition) is 2. The highest BCUT2D eigenvalue weighted by Gasteiger charge is 2.20. The Kier molecular flexibility index (Phi) is 8.15. The van der Waals surface area contributed by atoms with E-state index in [1.807, 2.05) is 13.8 Å². The van der Waals surface area contributed by atoms with Crippen LogP contribution >= 0.6 is 12.4 Å².